The van der Waals surface area contributed by atoms with Crippen LogP contribution in [0.1, 0.15) is 10.4 Å². The molecule has 1 aliphatic rings. The van der Waals surface area contributed by atoms with Crippen LogP contribution in [0.5, 0.6) is 0 Å². The lowest BCUT2D eigenvalue weighted by molar-refractivity contribution is -0.0775. The lowest BCUT2D eigenvalue weighted by Gasteiger charge is -2.38. The summed E-state index contributed by atoms with van der Waals surface area (Å²) in [4.78, 5) is 14.7. The van der Waals surface area contributed by atoms with Gasteiger partial charge in [0.05, 0.1) is 6.10 Å². The van der Waals surface area contributed by atoms with Crippen molar-refractivity contribution in [3.8, 4) is 0 Å². The Kier molecular flexibility index (Phi) is 4.76. The molecule has 0 bridgehead atoms. The number of rotatable bonds is 5. The molecule has 1 aliphatic heterocycles. The molecule has 1 fully saturated rings. The summed E-state index contributed by atoms with van der Waals surface area (Å²) in [6.45, 7) is 0.209. The zero-order valence-electron chi connectivity index (χ0n) is 10.5. The third-order valence-corrected chi connectivity index (χ3v) is 3.67. The smallest absolute Gasteiger partial charge is 0.261 e. The predicted molar refractivity (Wildman–Crippen MR) is 69.9 cm³/mol. The summed E-state index contributed by atoms with van der Waals surface area (Å²) < 4.78 is 28.8. The summed E-state index contributed by atoms with van der Waals surface area (Å²) in [5.41, 5.74) is 0.616. The van der Waals surface area contributed by atoms with E-state index in [9.17, 15) is 13.6 Å². The second-order valence-electron chi connectivity index (χ2n) is 4.29. The van der Waals surface area contributed by atoms with Crippen LogP contribution < -0.4 is 0 Å². The monoisotopic (exact) mass is 287 g/mol. The lowest BCUT2D eigenvalue weighted by atomic mass is 10.1. The maximum absolute atomic E-state index is 12.0. The maximum atomic E-state index is 12.0. The average Bonchev–Trinajstić information content (AvgIpc) is 2.36. The van der Waals surface area contributed by atoms with Gasteiger partial charge in [-0.1, -0.05) is 0 Å². The molecule has 2 rings (SSSR count). The van der Waals surface area contributed by atoms with E-state index in [1.807, 2.05) is 18.4 Å². The Morgan fingerprint density at radius 3 is 2.58 bits per heavy atom. The number of nitrogens with zero attached hydrogens (tertiary/aromatic N) is 1. The minimum Gasteiger partial charge on any atom is -0.369 e. The summed E-state index contributed by atoms with van der Waals surface area (Å²) in [5, 5.41) is 0. The minimum atomic E-state index is -2.45. The molecule has 1 aromatic carbocycles. The summed E-state index contributed by atoms with van der Waals surface area (Å²) in [6.07, 6.45) is -0.746. The van der Waals surface area contributed by atoms with Crippen molar-refractivity contribution in [2.75, 3.05) is 26.0 Å². The third-order valence-electron chi connectivity index (χ3n) is 2.93. The first-order valence-electron chi connectivity index (χ1n) is 5.93. The van der Waals surface area contributed by atoms with Crippen molar-refractivity contribution in [2.24, 2.45) is 0 Å². The predicted octanol–water partition coefficient (Wildman–Crippen LogP) is 2.51. The van der Waals surface area contributed by atoms with Crippen molar-refractivity contribution in [1.82, 2.24) is 4.90 Å². The Bertz CT molecular complexity index is 433. The van der Waals surface area contributed by atoms with Gasteiger partial charge in [0.25, 0.3) is 12.3 Å². The summed E-state index contributed by atoms with van der Waals surface area (Å²) >= 11 is 1.61. The standard InChI is InChI=1S/C13H15F2NO2S/c1-19-11-4-2-9(3-5-11)13(17)16-6-10(7-16)18-8-12(14)15/h2-5,10,12H,6-8H2,1H3. The van der Waals surface area contributed by atoms with Crippen molar-refractivity contribution in [3.05, 3.63) is 29.8 Å². The molecule has 1 aromatic rings. The SMILES string of the molecule is CSc1ccc(C(=O)N2CC(OCC(F)F)C2)cc1. The van der Waals surface area contributed by atoms with Gasteiger partial charge in [-0.25, -0.2) is 8.78 Å². The number of likely N-dealkylation sites (tertiary alicyclic amines) is 1. The van der Waals surface area contributed by atoms with Crippen molar-refractivity contribution in [1.29, 1.82) is 0 Å². The van der Waals surface area contributed by atoms with E-state index in [0.29, 0.717) is 18.7 Å². The number of carbonyl (C=O) groups excluding carboxylic acids is 1. The normalized spacial score (nSPS) is 15.7. The van der Waals surface area contributed by atoms with E-state index < -0.39 is 13.0 Å². The molecule has 6 heteroatoms. The van der Waals surface area contributed by atoms with E-state index in [4.69, 9.17) is 4.74 Å². The topological polar surface area (TPSA) is 29.5 Å². The van der Waals surface area contributed by atoms with Crippen molar-refractivity contribution in [2.45, 2.75) is 17.4 Å². The fraction of sp³-hybridized carbons (Fsp3) is 0.462. The molecular formula is C13H15F2NO2S. The summed E-state index contributed by atoms with van der Waals surface area (Å²) in [7, 11) is 0. The van der Waals surface area contributed by atoms with Gasteiger partial charge in [-0.05, 0) is 30.5 Å². The van der Waals surface area contributed by atoms with Gasteiger partial charge in [0.1, 0.15) is 6.61 Å². The molecule has 0 aromatic heterocycles. The molecule has 1 amide bonds. The zero-order chi connectivity index (χ0) is 13.8. The van der Waals surface area contributed by atoms with Crippen LogP contribution in [-0.4, -0.2) is 49.3 Å². The van der Waals surface area contributed by atoms with Gasteiger partial charge in [0.15, 0.2) is 0 Å². The van der Waals surface area contributed by atoms with Crippen LogP contribution in [0.2, 0.25) is 0 Å². The molecule has 0 unspecified atom stereocenters. The second kappa shape index (κ2) is 6.34. The van der Waals surface area contributed by atoms with Crippen LogP contribution in [0.4, 0.5) is 8.78 Å². The largest absolute Gasteiger partial charge is 0.369 e. The van der Waals surface area contributed by atoms with Crippen LogP contribution >= 0.6 is 11.8 Å². The van der Waals surface area contributed by atoms with Gasteiger partial charge in [-0.2, -0.15) is 0 Å². The van der Waals surface area contributed by atoms with Crippen molar-refractivity contribution >= 4 is 17.7 Å². The average molecular weight is 287 g/mol. The Hall–Kier alpha value is -1.14. The van der Waals surface area contributed by atoms with Gasteiger partial charge >= 0.3 is 0 Å². The van der Waals surface area contributed by atoms with Gasteiger partial charge in [-0.15, -0.1) is 11.8 Å². The number of alkyl halides is 2. The molecule has 0 spiro atoms. The number of thioether (sulfide) groups is 1. The maximum Gasteiger partial charge on any atom is 0.261 e. The highest BCUT2D eigenvalue weighted by Gasteiger charge is 2.32. The van der Waals surface area contributed by atoms with Crippen LogP contribution in [0.25, 0.3) is 0 Å². The van der Waals surface area contributed by atoms with Crippen LogP contribution in [0.3, 0.4) is 0 Å². The fourth-order valence-electron chi connectivity index (χ4n) is 1.83. The molecule has 3 nitrogen and oxygen atoms in total. The Morgan fingerprint density at radius 1 is 1.42 bits per heavy atom. The van der Waals surface area contributed by atoms with E-state index in [-0.39, 0.29) is 12.0 Å². The van der Waals surface area contributed by atoms with Crippen LogP contribution in [0, 0.1) is 0 Å². The molecule has 0 aliphatic carbocycles. The molecular weight excluding hydrogens is 272 g/mol. The number of hydrogen-bond donors (Lipinski definition) is 0. The first-order valence-corrected chi connectivity index (χ1v) is 7.15. The van der Waals surface area contributed by atoms with E-state index in [0.717, 1.165) is 4.90 Å². The minimum absolute atomic E-state index is 0.0791. The first kappa shape index (κ1) is 14.3. The van der Waals surface area contributed by atoms with Crippen LogP contribution in [0.15, 0.2) is 29.2 Å². The highest BCUT2D eigenvalue weighted by Crippen LogP contribution is 2.19. The van der Waals surface area contributed by atoms with Gasteiger partial charge in [-0.3, -0.25) is 4.79 Å². The van der Waals surface area contributed by atoms with Crippen LogP contribution in [-0.2, 0) is 4.74 Å². The number of hydrogen-bond acceptors (Lipinski definition) is 3. The molecule has 104 valence electrons. The van der Waals surface area contributed by atoms with Crippen molar-refractivity contribution in [3.63, 3.8) is 0 Å². The molecule has 0 radical (unpaired) electrons. The van der Waals surface area contributed by atoms with Crippen molar-refractivity contribution < 1.29 is 18.3 Å². The van der Waals surface area contributed by atoms with E-state index in [1.165, 1.54) is 0 Å². The Labute approximate surface area is 114 Å². The lowest BCUT2D eigenvalue weighted by Crippen LogP contribution is -2.55. The quantitative estimate of drug-likeness (QED) is 0.779. The third kappa shape index (κ3) is 3.67. The second-order valence-corrected chi connectivity index (χ2v) is 5.16. The Balaban J connectivity index is 1.82. The Morgan fingerprint density at radius 2 is 2.05 bits per heavy atom. The molecule has 0 saturated carbocycles. The van der Waals surface area contributed by atoms with Gasteiger partial charge in [0.2, 0.25) is 0 Å². The number of ether oxygens (including phenoxy) is 1. The molecule has 0 atom stereocenters. The molecule has 0 N–H and O–H groups in total. The number of amides is 1. The molecule has 19 heavy (non-hydrogen) atoms. The zero-order valence-corrected chi connectivity index (χ0v) is 11.3. The molecule has 1 saturated heterocycles. The van der Waals surface area contributed by atoms with E-state index >= 15 is 0 Å². The van der Waals surface area contributed by atoms with Gasteiger partial charge < -0.3 is 9.64 Å². The number of benzene rings is 1. The summed E-state index contributed by atoms with van der Waals surface area (Å²) in [5.74, 6) is -0.0791. The summed E-state index contributed by atoms with van der Waals surface area (Å²) in [6, 6.07) is 7.34. The van der Waals surface area contributed by atoms with Gasteiger partial charge in [0, 0.05) is 23.5 Å². The number of carbonyl (C=O) groups is 1. The first-order chi connectivity index (χ1) is 9.10. The van der Waals surface area contributed by atoms with E-state index in [1.54, 1.807) is 28.8 Å². The fourth-order valence-corrected chi connectivity index (χ4v) is 2.24. The highest BCUT2D eigenvalue weighted by molar-refractivity contribution is 7.98. The molecule has 1 heterocycles. The highest BCUT2D eigenvalue weighted by atomic mass is 32.2. The van der Waals surface area contributed by atoms with E-state index in [2.05, 4.69) is 0 Å². The number of halogens is 2.